The summed E-state index contributed by atoms with van der Waals surface area (Å²) >= 11 is 1.05. The first-order valence-corrected chi connectivity index (χ1v) is 8.39. The van der Waals surface area contributed by atoms with E-state index in [9.17, 15) is 18.0 Å². The van der Waals surface area contributed by atoms with Crippen molar-refractivity contribution in [3.8, 4) is 0 Å². The van der Waals surface area contributed by atoms with E-state index in [1.165, 1.54) is 6.07 Å². The predicted octanol–water partition coefficient (Wildman–Crippen LogP) is -0.632. The van der Waals surface area contributed by atoms with Gasteiger partial charge in [0.1, 0.15) is 10.3 Å². The van der Waals surface area contributed by atoms with Crippen LogP contribution < -0.4 is 10.0 Å². The zero-order valence-electron chi connectivity index (χ0n) is 11.0. The molecule has 1 rings (SSSR count). The van der Waals surface area contributed by atoms with E-state index < -0.39 is 27.9 Å². The summed E-state index contributed by atoms with van der Waals surface area (Å²) < 4.78 is 25.9. The molecule has 0 aliphatic rings. The number of hydrogen-bond acceptors (Lipinski definition) is 6. The minimum Gasteiger partial charge on any atom is -0.480 e. The average molecular weight is 336 g/mol. The van der Waals surface area contributed by atoms with Gasteiger partial charge in [0, 0.05) is 26.0 Å². The molecule has 0 bridgehead atoms. The van der Waals surface area contributed by atoms with Gasteiger partial charge in [-0.3, -0.25) is 4.79 Å². The maximum atomic E-state index is 11.7. The molecule has 0 aliphatic carbocycles. The Morgan fingerprint density at radius 2 is 2.10 bits per heavy atom. The van der Waals surface area contributed by atoms with E-state index in [0.29, 0.717) is 0 Å². The summed E-state index contributed by atoms with van der Waals surface area (Å²) in [5.74, 6) is -1.86. The van der Waals surface area contributed by atoms with Crippen molar-refractivity contribution in [1.29, 1.82) is 0 Å². The minimum atomic E-state index is -3.64. The van der Waals surface area contributed by atoms with Crippen molar-refractivity contribution >= 4 is 33.2 Å². The van der Waals surface area contributed by atoms with E-state index in [1.807, 2.05) is 0 Å². The first-order chi connectivity index (χ1) is 9.86. The number of rotatable bonds is 9. The molecule has 0 aliphatic heterocycles. The third-order valence-corrected chi connectivity index (χ3v) is 5.31. The lowest BCUT2D eigenvalue weighted by Crippen LogP contribution is -2.42. The number of hydrogen-bond donors (Lipinski definition) is 4. The van der Waals surface area contributed by atoms with Crippen molar-refractivity contribution in [2.24, 2.45) is 0 Å². The zero-order valence-corrected chi connectivity index (χ0v) is 12.6. The lowest BCUT2D eigenvalue weighted by molar-refractivity contribution is -0.142. The fraction of sp³-hybridized carbons (Fsp3) is 0.455. The number of carboxylic acids is 1. The van der Waals surface area contributed by atoms with Crippen LogP contribution in [0.5, 0.6) is 0 Å². The summed E-state index contributed by atoms with van der Waals surface area (Å²) in [6.07, 6.45) is -0.304. The van der Waals surface area contributed by atoms with Gasteiger partial charge in [-0.25, -0.2) is 17.9 Å². The summed E-state index contributed by atoms with van der Waals surface area (Å²) in [7, 11) is -3.64. The Kier molecular flexibility index (Phi) is 6.75. The van der Waals surface area contributed by atoms with Crippen LogP contribution in [0.25, 0.3) is 0 Å². The van der Waals surface area contributed by atoms with Gasteiger partial charge in [-0.2, -0.15) is 0 Å². The molecule has 0 aromatic carbocycles. The van der Waals surface area contributed by atoms with E-state index >= 15 is 0 Å². The van der Waals surface area contributed by atoms with Crippen LogP contribution in [0.15, 0.2) is 21.7 Å². The molecule has 4 N–H and O–H groups in total. The predicted molar refractivity (Wildman–Crippen MR) is 75.4 cm³/mol. The van der Waals surface area contributed by atoms with Crippen LogP contribution >= 0.6 is 11.3 Å². The van der Waals surface area contributed by atoms with Crippen LogP contribution in [0.4, 0.5) is 0 Å². The average Bonchev–Trinajstić information content (AvgIpc) is 2.92. The topological polar surface area (TPSA) is 133 Å². The molecular weight excluding hydrogens is 320 g/mol. The van der Waals surface area contributed by atoms with Crippen LogP contribution in [-0.4, -0.2) is 49.7 Å². The van der Waals surface area contributed by atoms with E-state index in [1.54, 1.807) is 11.4 Å². The van der Waals surface area contributed by atoms with Gasteiger partial charge in [0.25, 0.3) is 0 Å². The van der Waals surface area contributed by atoms with Crippen molar-refractivity contribution < 1.29 is 28.2 Å². The fourth-order valence-electron chi connectivity index (χ4n) is 1.44. The Morgan fingerprint density at radius 3 is 2.62 bits per heavy atom. The van der Waals surface area contributed by atoms with Crippen LogP contribution in [0, 0.1) is 0 Å². The normalized spacial score (nSPS) is 12.8. The van der Waals surface area contributed by atoms with Crippen molar-refractivity contribution in [3.63, 3.8) is 0 Å². The van der Waals surface area contributed by atoms with Crippen LogP contribution in [0.1, 0.15) is 12.8 Å². The third kappa shape index (κ3) is 5.79. The molecule has 0 spiro atoms. The van der Waals surface area contributed by atoms with Gasteiger partial charge in [-0.1, -0.05) is 6.07 Å². The quantitative estimate of drug-likeness (QED) is 0.474. The summed E-state index contributed by atoms with van der Waals surface area (Å²) in [5, 5.41) is 21.3. The second-order valence-electron chi connectivity index (χ2n) is 4.05. The number of sulfonamides is 1. The minimum absolute atomic E-state index is 0.109. The first kappa shape index (κ1) is 17.6. The Balaban J connectivity index is 2.42. The molecule has 8 nitrogen and oxygen atoms in total. The maximum Gasteiger partial charge on any atom is 0.326 e. The molecule has 0 saturated carbocycles. The molecule has 0 fully saturated rings. The SMILES string of the molecule is O=C(CCNS(=O)(=O)c1cccs1)NC(CCO)C(=O)O. The highest BCUT2D eigenvalue weighted by Crippen LogP contribution is 2.14. The van der Waals surface area contributed by atoms with Gasteiger partial charge in [-0.05, 0) is 11.4 Å². The molecule has 1 atom stereocenters. The van der Waals surface area contributed by atoms with Crippen molar-refractivity contribution in [3.05, 3.63) is 17.5 Å². The van der Waals surface area contributed by atoms with Crippen LogP contribution in [0.3, 0.4) is 0 Å². The smallest absolute Gasteiger partial charge is 0.326 e. The molecule has 21 heavy (non-hydrogen) atoms. The highest BCUT2D eigenvalue weighted by Gasteiger charge is 2.20. The van der Waals surface area contributed by atoms with Crippen molar-refractivity contribution in [2.45, 2.75) is 23.1 Å². The molecule has 1 amide bonds. The summed E-state index contributed by atoms with van der Waals surface area (Å²) in [6.45, 7) is -0.514. The summed E-state index contributed by atoms with van der Waals surface area (Å²) in [5.41, 5.74) is 0. The molecule has 118 valence electrons. The van der Waals surface area contributed by atoms with Crippen LogP contribution in [0.2, 0.25) is 0 Å². The van der Waals surface area contributed by atoms with Gasteiger partial charge in [-0.15, -0.1) is 11.3 Å². The number of carbonyl (C=O) groups excluding carboxylic acids is 1. The summed E-state index contributed by atoms with van der Waals surface area (Å²) in [6, 6.07) is 1.85. The molecule has 1 aromatic rings. The van der Waals surface area contributed by atoms with Gasteiger partial charge < -0.3 is 15.5 Å². The largest absolute Gasteiger partial charge is 0.480 e. The van der Waals surface area contributed by atoms with Gasteiger partial charge in [0.2, 0.25) is 15.9 Å². The number of nitrogens with one attached hydrogen (secondary N) is 2. The van der Waals surface area contributed by atoms with E-state index in [0.717, 1.165) is 11.3 Å². The highest BCUT2D eigenvalue weighted by molar-refractivity contribution is 7.91. The second-order valence-corrected chi connectivity index (χ2v) is 6.99. The number of aliphatic hydroxyl groups is 1. The Labute approximate surface area is 125 Å². The molecule has 10 heteroatoms. The van der Waals surface area contributed by atoms with Crippen molar-refractivity contribution in [2.75, 3.05) is 13.2 Å². The zero-order chi connectivity index (χ0) is 15.9. The van der Waals surface area contributed by atoms with E-state index in [-0.39, 0.29) is 30.2 Å². The van der Waals surface area contributed by atoms with Gasteiger partial charge in [0.05, 0.1) is 0 Å². The lowest BCUT2D eigenvalue weighted by atomic mass is 10.2. The molecule has 0 saturated heterocycles. The number of aliphatic carboxylic acids is 1. The van der Waals surface area contributed by atoms with Crippen molar-refractivity contribution in [1.82, 2.24) is 10.0 Å². The Morgan fingerprint density at radius 1 is 1.38 bits per heavy atom. The van der Waals surface area contributed by atoms with E-state index in [2.05, 4.69) is 10.0 Å². The maximum absolute atomic E-state index is 11.7. The van der Waals surface area contributed by atoms with Gasteiger partial charge in [0.15, 0.2) is 0 Å². The highest BCUT2D eigenvalue weighted by atomic mass is 32.2. The molecule has 0 radical (unpaired) electrons. The standard InChI is InChI=1S/C11H16N2O6S2/c14-6-4-8(11(16)17)13-9(15)3-5-12-21(18,19)10-2-1-7-20-10/h1-2,7-8,12,14H,3-6H2,(H,13,15)(H,16,17). The number of aliphatic hydroxyl groups excluding tert-OH is 1. The number of carboxylic acid groups (broad SMARTS) is 1. The first-order valence-electron chi connectivity index (χ1n) is 6.03. The third-order valence-electron chi connectivity index (χ3n) is 2.46. The van der Waals surface area contributed by atoms with E-state index in [4.69, 9.17) is 10.2 Å². The molecule has 1 aromatic heterocycles. The Bertz CT molecular complexity index is 570. The van der Waals surface area contributed by atoms with Crippen LogP contribution in [-0.2, 0) is 19.6 Å². The summed E-state index contributed by atoms with van der Waals surface area (Å²) in [4.78, 5) is 22.3. The van der Waals surface area contributed by atoms with Gasteiger partial charge >= 0.3 is 5.97 Å². The lowest BCUT2D eigenvalue weighted by Gasteiger charge is -2.13. The number of amides is 1. The monoisotopic (exact) mass is 336 g/mol. The number of carbonyl (C=O) groups is 2. The number of thiophene rings is 1. The molecule has 1 unspecified atom stereocenters. The second kappa shape index (κ2) is 8.08. The Hall–Kier alpha value is -1.49. The molecule has 1 heterocycles. The molecular formula is C11H16N2O6S2. The fourth-order valence-corrected chi connectivity index (χ4v) is 3.51.